The van der Waals surface area contributed by atoms with Gasteiger partial charge in [-0.15, -0.1) is 0 Å². The summed E-state index contributed by atoms with van der Waals surface area (Å²) in [7, 11) is 0. The van der Waals surface area contributed by atoms with E-state index in [1.54, 1.807) is 19.9 Å². The van der Waals surface area contributed by atoms with Gasteiger partial charge in [0.25, 0.3) is 0 Å². The molecule has 23 heavy (non-hydrogen) atoms. The zero-order valence-corrected chi connectivity index (χ0v) is 14.5. The Morgan fingerprint density at radius 1 is 1.39 bits per heavy atom. The number of hydrogen-bond donors (Lipinski definition) is 1. The first-order valence-electron chi connectivity index (χ1n) is 8.38. The summed E-state index contributed by atoms with van der Waals surface area (Å²) in [6, 6.07) is 0. The predicted molar refractivity (Wildman–Crippen MR) is 92.8 cm³/mol. The van der Waals surface area contributed by atoms with Gasteiger partial charge in [-0.3, -0.25) is 4.79 Å². The van der Waals surface area contributed by atoms with Gasteiger partial charge in [0.1, 0.15) is 6.61 Å². The number of rotatable bonds is 2. The molecule has 1 aliphatic heterocycles. The van der Waals surface area contributed by atoms with E-state index in [-0.39, 0.29) is 17.8 Å². The quantitative estimate of drug-likeness (QED) is 0.616. The van der Waals surface area contributed by atoms with Crippen molar-refractivity contribution in [2.75, 3.05) is 6.61 Å². The summed E-state index contributed by atoms with van der Waals surface area (Å²) in [5, 5.41) is 9.79. The van der Waals surface area contributed by atoms with E-state index in [9.17, 15) is 9.90 Å². The van der Waals surface area contributed by atoms with E-state index in [1.807, 2.05) is 12.2 Å². The van der Waals surface area contributed by atoms with E-state index in [0.717, 1.165) is 36.8 Å². The molecule has 2 atom stereocenters. The first-order chi connectivity index (χ1) is 10.8. The Hall–Kier alpha value is -1.61. The van der Waals surface area contributed by atoms with Crippen LogP contribution < -0.4 is 0 Å². The number of fused-ring (bicyclic) bond motifs is 1. The third-order valence-corrected chi connectivity index (χ3v) is 4.58. The minimum Gasteiger partial charge on any atom is -0.461 e. The van der Waals surface area contributed by atoms with E-state index < -0.39 is 5.60 Å². The van der Waals surface area contributed by atoms with Crippen molar-refractivity contribution in [1.29, 1.82) is 0 Å². The third kappa shape index (κ3) is 4.93. The van der Waals surface area contributed by atoms with Gasteiger partial charge in [-0.25, -0.2) is 0 Å². The molecule has 0 aromatic rings. The summed E-state index contributed by atoms with van der Waals surface area (Å²) < 4.78 is 5.40. The van der Waals surface area contributed by atoms with E-state index in [0.29, 0.717) is 6.61 Å². The number of cyclic esters (lactones) is 1. The number of aliphatic hydroxyl groups is 1. The lowest BCUT2D eigenvalue weighted by molar-refractivity contribution is -0.151. The fourth-order valence-electron chi connectivity index (χ4n) is 3.26. The summed E-state index contributed by atoms with van der Waals surface area (Å²) in [6.07, 6.45) is 11.6. The molecule has 0 amide bonds. The number of carbonyl (C=O) groups excluding carboxylic acids is 1. The van der Waals surface area contributed by atoms with Gasteiger partial charge in [0.05, 0.1) is 11.5 Å². The van der Waals surface area contributed by atoms with Gasteiger partial charge in [0.15, 0.2) is 0 Å². The Labute approximate surface area is 139 Å². The molecule has 1 aliphatic carbocycles. The zero-order chi connectivity index (χ0) is 17.0. The molecular weight excluding hydrogens is 288 g/mol. The molecule has 3 nitrogen and oxygen atoms in total. The fourth-order valence-corrected chi connectivity index (χ4v) is 3.26. The van der Waals surface area contributed by atoms with Crippen LogP contribution in [0.1, 0.15) is 46.5 Å². The highest BCUT2D eigenvalue weighted by Gasteiger charge is 2.38. The van der Waals surface area contributed by atoms with Crippen molar-refractivity contribution in [1.82, 2.24) is 0 Å². The Morgan fingerprint density at radius 3 is 2.83 bits per heavy atom. The van der Waals surface area contributed by atoms with Crippen molar-refractivity contribution in [3.8, 4) is 0 Å². The molecule has 1 heterocycles. The number of esters is 1. The van der Waals surface area contributed by atoms with Gasteiger partial charge < -0.3 is 9.84 Å². The molecule has 0 bridgehead atoms. The van der Waals surface area contributed by atoms with Gasteiger partial charge in [0.2, 0.25) is 0 Å². The van der Waals surface area contributed by atoms with Crippen molar-refractivity contribution in [3.05, 3.63) is 47.6 Å². The van der Waals surface area contributed by atoms with Crippen molar-refractivity contribution in [2.24, 2.45) is 11.8 Å². The molecule has 0 saturated carbocycles. The largest absolute Gasteiger partial charge is 0.461 e. The van der Waals surface area contributed by atoms with E-state index in [4.69, 9.17) is 4.74 Å². The second kappa shape index (κ2) is 7.31. The molecule has 0 spiro atoms. The number of allylic oxidation sites excluding steroid dienone is 4. The van der Waals surface area contributed by atoms with Crippen LogP contribution in [0.5, 0.6) is 0 Å². The second-order valence-electron chi connectivity index (χ2n) is 7.23. The zero-order valence-electron chi connectivity index (χ0n) is 14.5. The Morgan fingerprint density at radius 2 is 2.13 bits per heavy atom. The van der Waals surface area contributed by atoms with Crippen LogP contribution in [-0.4, -0.2) is 23.3 Å². The fraction of sp³-hybridized carbons (Fsp3) is 0.550. The first-order valence-corrected chi connectivity index (χ1v) is 8.38. The van der Waals surface area contributed by atoms with Crippen LogP contribution in [-0.2, 0) is 9.53 Å². The van der Waals surface area contributed by atoms with Gasteiger partial charge in [-0.2, -0.15) is 0 Å². The summed E-state index contributed by atoms with van der Waals surface area (Å²) in [5.41, 5.74) is 2.63. The van der Waals surface area contributed by atoms with Crippen LogP contribution in [0.4, 0.5) is 0 Å². The molecule has 3 heteroatoms. The normalized spacial score (nSPS) is 31.0. The smallest absolute Gasteiger partial charge is 0.313 e. The maximum absolute atomic E-state index is 12.3. The molecule has 1 saturated heterocycles. The summed E-state index contributed by atoms with van der Waals surface area (Å²) in [6.45, 7) is 10.1. The molecule has 2 rings (SSSR count). The van der Waals surface area contributed by atoms with Gasteiger partial charge >= 0.3 is 5.97 Å². The maximum Gasteiger partial charge on any atom is 0.313 e. The SMILES string of the molecule is C=C1CC/C=C(\C)CC[C@@H]2/C(=C\C=C\C(C)(C)O)COC(=O)[C@@H]12. The average Bonchev–Trinajstić information content (AvgIpc) is 2.51. The molecule has 126 valence electrons. The standard InChI is InChI=1S/C20H28O3/c1-14-7-5-8-15(2)18-17(11-10-14)16(13-23-19(18)21)9-6-12-20(3,4)22/h6-7,9,12,17-18,22H,2,5,8,10-11,13H2,1,3-4H3/b12-6+,14-7+,16-9-/t17-,18+/m1/s1. The van der Waals surface area contributed by atoms with Crippen molar-refractivity contribution in [3.63, 3.8) is 0 Å². The van der Waals surface area contributed by atoms with Crippen LogP contribution in [0, 0.1) is 11.8 Å². The minimum absolute atomic E-state index is 0.136. The van der Waals surface area contributed by atoms with E-state index in [2.05, 4.69) is 19.6 Å². The molecule has 0 aromatic heterocycles. The molecule has 0 radical (unpaired) electrons. The van der Waals surface area contributed by atoms with Crippen LogP contribution in [0.15, 0.2) is 47.6 Å². The third-order valence-electron chi connectivity index (χ3n) is 4.58. The molecule has 2 aliphatic rings. The lowest BCUT2D eigenvalue weighted by Gasteiger charge is -2.33. The molecule has 1 fully saturated rings. The van der Waals surface area contributed by atoms with Crippen molar-refractivity contribution in [2.45, 2.75) is 52.1 Å². The summed E-state index contributed by atoms with van der Waals surface area (Å²) in [5.74, 6) is -0.218. The Balaban J connectivity index is 2.28. The monoisotopic (exact) mass is 316 g/mol. The minimum atomic E-state index is -0.844. The highest BCUT2D eigenvalue weighted by Crippen LogP contribution is 2.38. The number of ether oxygens (including phenoxy) is 1. The first kappa shape index (κ1) is 17.7. The highest BCUT2D eigenvalue weighted by molar-refractivity contribution is 5.78. The summed E-state index contributed by atoms with van der Waals surface area (Å²) >= 11 is 0. The number of hydrogen-bond acceptors (Lipinski definition) is 3. The van der Waals surface area contributed by atoms with Crippen molar-refractivity contribution >= 4 is 5.97 Å². The van der Waals surface area contributed by atoms with Gasteiger partial charge in [-0.05, 0) is 52.0 Å². The molecule has 0 unspecified atom stereocenters. The lowest BCUT2D eigenvalue weighted by atomic mass is 9.76. The van der Waals surface area contributed by atoms with Crippen LogP contribution in [0.3, 0.4) is 0 Å². The topological polar surface area (TPSA) is 46.5 Å². The van der Waals surface area contributed by atoms with Gasteiger partial charge in [-0.1, -0.05) is 42.0 Å². The second-order valence-corrected chi connectivity index (χ2v) is 7.23. The highest BCUT2D eigenvalue weighted by atomic mass is 16.5. The van der Waals surface area contributed by atoms with Crippen LogP contribution >= 0.6 is 0 Å². The van der Waals surface area contributed by atoms with Gasteiger partial charge in [0, 0.05) is 5.92 Å². The summed E-state index contributed by atoms with van der Waals surface area (Å²) in [4.78, 5) is 12.3. The van der Waals surface area contributed by atoms with E-state index in [1.165, 1.54) is 5.57 Å². The Bertz CT molecular complexity index is 558. The molecular formula is C20H28O3. The maximum atomic E-state index is 12.3. The number of carbonyl (C=O) groups is 1. The Kier molecular flexibility index (Phi) is 5.64. The van der Waals surface area contributed by atoms with E-state index >= 15 is 0 Å². The molecule has 0 aromatic carbocycles. The van der Waals surface area contributed by atoms with Crippen LogP contribution in [0.2, 0.25) is 0 Å². The average molecular weight is 316 g/mol. The lowest BCUT2D eigenvalue weighted by Crippen LogP contribution is -2.35. The van der Waals surface area contributed by atoms with Crippen LogP contribution in [0.25, 0.3) is 0 Å². The molecule has 1 N–H and O–H groups in total. The van der Waals surface area contributed by atoms with Crippen molar-refractivity contribution < 1.29 is 14.6 Å². The predicted octanol–water partition coefficient (Wildman–Crippen LogP) is 4.11.